The second-order valence-corrected chi connectivity index (χ2v) is 5.81. The van der Waals surface area contributed by atoms with Crippen LogP contribution in [0.5, 0.6) is 0 Å². The van der Waals surface area contributed by atoms with Crippen molar-refractivity contribution in [3.8, 4) is 0 Å². The number of halogens is 1. The third kappa shape index (κ3) is 2.07. The van der Waals surface area contributed by atoms with Gasteiger partial charge in [0.05, 0.1) is 11.1 Å². The van der Waals surface area contributed by atoms with Crippen molar-refractivity contribution >= 4 is 23.2 Å². The first-order chi connectivity index (χ1) is 10.7. The van der Waals surface area contributed by atoms with E-state index in [-0.39, 0.29) is 11.9 Å². The first-order valence-corrected chi connectivity index (χ1v) is 7.56. The van der Waals surface area contributed by atoms with Gasteiger partial charge in [-0.25, -0.2) is 0 Å². The number of carbonyl (C=O) groups is 1. The molecule has 1 amide bonds. The Bertz CT molecular complexity index is 839. The first-order valence-electron chi connectivity index (χ1n) is 7.18. The molecule has 0 saturated carbocycles. The Morgan fingerprint density at radius 3 is 3.09 bits per heavy atom. The van der Waals surface area contributed by atoms with Crippen molar-refractivity contribution < 1.29 is 4.79 Å². The van der Waals surface area contributed by atoms with Gasteiger partial charge >= 0.3 is 0 Å². The lowest BCUT2D eigenvalue weighted by atomic mass is 10.2. The number of nitrogens with one attached hydrogen (secondary N) is 1. The molecule has 112 valence electrons. The fourth-order valence-corrected chi connectivity index (χ4v) is 3.18. The summed E-state index contributed by atoms with van der Waals surface area (Å²) in [6.45, 7) is 0.710. The topological polar surface area (TPSA) is 66.3 Å². The van der Waals surface area contributed by atoms with Crippen molar-refractivity contribution in [3.05, 3.63) is 53.2 Å². The van der Waals surface area contributed by atoms with E-state index in [4.69, 9.17) is 11.6 Å². The molecule has 0 spiro atoms. The Hall–Kier alpha value is -2.34. The van der Waals surface area contributed by atoms with Crippen LogP contribution >= 0.6 is 11.6 Å². The molecule has 1 fully saturated rings. The lowest BCUT2D eigenvalue weighted by Gasteiger charge is -2.22. The van der Waals surface area contributed by atoms with Gasteiger partial charge < -0.3 is 9.88 Å². The molecule has 3 aromatic rings. The van der Waals surface area contributed by atoms with Crippen LogP contribution in [0.1, 0.15) is 35.2 Å². The molecule has 1 aliphatic rings. The number of hydrogen-bond acceptors (Lipinski definition) is 3. The number of aromatic amines is 1. The number of fused-ring (bicyclic) bond motifs is 1. The zero-order valence-corrected chi connectivity index (χ0v) is 12.5. The van der Waals surface area contributed by atoms with E-state index in [1.807, 2.05) is 33.7 Å². The van der Waals surface area contributed by atoms with Crippen LogP contribution in [0.2, 0.25) is 5.02 Å². The molecule has 0 aliphatic carbocycles. The Balaban J connectivity index is 1.70. The minimum atomic E-state index is -0.0630. The summed E-state index contributed by atoms with van der Waals surface area (Å²) >= 11 is 5.90. The minimum Gasteiger partial charge on any atom is -0.356 e. The van der Waals surface area contributed by atoms with Crippen molar-refractivity contribution in [2.45, 2.75) is 18.9 Å². The number of amides is 1. The number of carbonyl (C=O) groups excluding carboxylic acids is 1. The van der Waals surface area contributed by atoms with Crippen LogP contribution in [0, 0.1) is 0 Å². The molecular weight excluding hydrogens is 302 g/mol. The van der Waals surface area contributed by atoms with E-state index in [9.17, 15) is 4.79 Å². The molecule has 1 atom stereocenters. The molecule has 0 bridgehead atoms. The zero-order chi connectivity index (χ0) is 15.1. The van der Waals surface area contributed by atoms with Gasteiger partial charge in [0.25, 0.3) is 5.91 Å². The number of likely N-dealkylation sites (tertiary alicyclic amines) is 1. The van der Waals surface area contributed by atoms with Crippen LogP contribution in [0.25, 0.3) is 5.65 Å². The highest BCUT2D eigenvalue weighted by Crippen LogP contribution is 2.32. The van der Waals surface area contributed by atoms with E-state index in [2.05, 4.69) is 15.2 Å². The Morgan fingerprint density at radius 1 is 1.36 bits per heavy atom. The van der Waals surface area contributed by atoms with Gasteiger partial charge in [0, 0.05) is 18.9 Å². The molecule has 1 aliphatic heterocycles. The molecule has 1 N–H and O–H groups in total. The number of pyridine rings is 1. The van der Waals surface area contributed by atoms with Gasteiger partial charge in [-0.15, -0.1) is 10.2 Å². The molecule has 6 nitrogen and oxygen atoms in total. The van der Waals surface area contributed by atoms with E-state index < -0.39 is 0 Å². The summed E-state index contributed by atoms with van der Waals surface area (Å²) in [5.41, 5.74) is 1.30. The summed E-state index contributed by atoms with van der Waals surface area (Å²) in [5, 5.41) is 9.01. The van der Waals surface area contributed by atoms with Gasteiger partial charge in [-0.1, -0.05) is 17.7 Å². The third-order valence-corrected chi connectivity index (χ3v) is 4.25. The average Bonchev–Trinajstić information content (AvgIpc) is 3.24. The molecule has 22 heavy (non-hydrogen) atoms. The average molecular weight is 316 g/mol. The van der Waals surface area contributed by atoms with Crippen LogP contribution in [-0.4, -0.2) is 36.9 Å². The molecule has 3 aromatic heterocycles. The highest BCUT2D eigenvalue weighted by molar-refractivity contribution is 6.30. The summed E-state index contributed by atoms with van der Waals surface area (Å²) in [5.74, 6) is 0.751. The molecule has 0 aromatic carbocycles. The standard InChI is InChI=1S/C15H14ClN5O/c16-10-8-11(17-9-10)15(22)20-7-3-4-12(20)14-19-18-13-5-1-2-6-21(13)14/h1-2,5-6,8-9,12,17H,3-4,7H2. The van der Waals surface area contributed by atoms with Gasteiger partial charge in [0.1, 0.15) is 5.69 Å². The van der Waals surface area contributed by atoms with Crippen molar-refractivity contribution in [1.29, 1.82) is 0 Å². The first kappa shape index (κ1) is 13.3. The smallest absolute Gasteiger partial charge is 0.270 e. The van der Waals surface area contributed by atoms with Crippen LogP contribution in [-0.2, 0) is 0 Å². The van der Waals surface area contributed by atoms with Gasteiger partial charge in [-0.2, -0.15) is 0 Å². The van der Waals surface area contributed by atoms with Crippen LogP contribution in [0.4, 0.5) is 0 Å². The molecular formula is C15H14ClN5O. The lowest BCUT2D eigenvalue weighted by molar-refractivity contribution is 0.0724. The number of hydrogen-bond donors (Lipinski definition) is 1. The molecule has 0 radical (unpaired) electrons. The monoisotopic (exact) mass is 315 g/mol. The predicted octanol–water partition coefficient (Wildman–Crippen LogP) is 2.69. The second-order valence-electron chi connectivity index (χ2n) is 5.38. The van der Waals surface area contributed by atoms with Gasteiger partial charge in [0.2, 0.25) is 0 Å². The normalized spacial score (nSPS) is 18.2. The molecule has 4 heterocycles. The number of rotatable bonds is 2. The fraction of sp³-hybridized carbons (Fsp3) is 0.267. The number of aromatic nitrogens is 4. The molecule has 1 unspecified atom stereocenters. The minimum absolute atomic E-state index is 0.0536. The Labute approximate surface area is 131 Å². The maximum absolute atomic E-state index is 12.7. The van der Waals surface area contributed by atoms with E-state index in [1.54, 1.807) is 12.3 Å². The largest absolute Gasteiger partial charge is 0.356 e. The predicted molar refractivity (Wildman–Crippen MR) is 81.8 cm³/mol. The van der Waals surface area contributed by atoms with E-state index in [1.165, 1.54) is 0 Å². The number of nitrogens with zero attached hydrogens (tertiary/aromatic N) is 4. The molecule has 7 heteroatoms. The zero-order valence-electron chi connectivity index (χ0n) is 11.7. The SMILES string of the molecule is O=C(c1cc(Cl)c[nH]1)N1CCCC1c1nnc2ccccn12. The van der Waals surface area contributed by atoms with E-state index >= 15 is 0 Å². The Kier molecular flexibility index (Phi) is 3.11. The van der Waals surface area contributed by atoms with Crippen molar-refractivity contribution in [3.63, 3.8) is 0 Å². The Morgan fingerprint density at radius 2 is 2.27 bits per heavy atom. The summed E-state index contributed by atoms with van der Waals surface area (Å²) < 4.78 is 1.94. The summed E-state index contributed by atoms with van der Waals surface area (Å²) in [7, 11) is 0. The highest BCUT2D eigenvalue weighted by Gasteiger charge is 2.34. The van der Waals surface area contributed by atoms with E-state index in [0.29, 0.717) is 17.3 Å². The van der Waals surface area contributed by atoms with Crippen LogP contribution < -0.4 is 0 Å². The second kappa shape index (κ2) is 5.14. The van der Waals surface area contributed by atoms with Gasteiger partial charge in [-0.05, 0) is 31.0 Å². The highest BCUT2D eigenvalue weighted by atomic mass is 35.5. The van der Waals surface area contributed by atoms with Crippen molar-refractivity contribution in [2.24, 2.45) is 0 Å². The van der Waals surface area contributed by atoms with E-state index in [0.717, 1.165) is 24.3 Å². The van der Waals surface area contributed by atoms with Crippen molar-refractivity contribution in [1.82, 2.24) is 24.5 Å². The third-order valence-electron chi connectivity index (χ3n) is 4.03. The summed E-state index contributed by atoms with van der Waals surface area (Å²) in [6.07, 6.45) is 5.38. The van der Waals surface area contributed by atoms with Gasteiger partial charge in [0.15, 0.2) is 11.5 Å². The quantitative estimate of drug-likeness (QED) is 0.790. The van der Waals surface area contributed by atoms with Crippen LogP contribution in [0.15, 0.2) is 36.7 Å². The van der Waals surface area contributed by atoms with Crippen LogP contribution in [0.3, 0.4) is 0 Å². The lowest BCUT2D eigenvalue weighted by Crippen LogP contribution is -2.31. The molecule has 4 rings (SSSR count). The maximum Gasteiger partial charge on any atom is 0.270 e. The van der Waals surface area contributed by atoms with Crippen molar-refractivity contribution in [2.75, 3.05) is 6.54 Å². The summed E-state index contributed by atoms with van der Waals surface area (Å²) in [4.78, 5) is 17.4. The van der Waals surface area contributed by atoms with Gasteiger partial charge in [-0.3, -0.25) is 9.20 Å². The fourth-order valence-electron chi connectivity index (χ4n) is 3.01. The maximum atomic E-state index is 12.7. The molecule has 1 saturated heterocycles. The summed E-state index contributed by atoms with van der Waals surface area (Å²) in [6, 6.07) is 7.36. The number of H-pyrrole nitrogens is 1.